The Kier molecular flexibility index (Phi) is 3.51. The van der Waals surface area contributed by atoms with E-state index in [-0.39, 0.29) is 11.3 Å². The van der Waals surface area contributed by atoms with Crippen LogP contribution in [-0.4, -0.2) is 17.0 Å². The molecule has 0 radical (unpaired) electrons. The average molecular weight is 285 g/mol. The molecule has 1 amide bonds. The summed E-state index contributed by atoms with van der Waals surface area (Å²) in [6.07, 6.45) is 8.41. The van der Waals surface area contributed by atoms with E-state index in [1.54, 1.807) is 12.3 Å². The fraction of sp³-hybridized carbons (Fsp3) is 0.333. The van der Waals surface area contributed by atoms with E-state index >= 15 is 0 Å². The number of fused-ring (bicyclic) bond motifs is 2. The highest BCUT2D eigenvalue weighted by molar-refractivity contribution is 5.98. The van der Waals surface area contributed by atoms with E-state index in [0.717, 1.165) is 12.8 Å². The van der Waals surface area contributed by atoms with E-state index in [4.69, 9.17) is 0 Å². The van der Waals surface area contributed by atoms with Gasteiger partial charge in [-0.25, -0.2) is 5.43 Å². The first kappa shape index (κ1) is 13.5. The highest BCUT2D eigenvalue weighted by Gasteiger charge is 2.34. The van der Waals surface area contributed by atoms with Gasteiger partial charge in [-0.15, -0.1) is 0 Å². The summed E-state index contributed by atoms with van der Waals surface area (Å²) in [6, 6.07) is 5.84. The largest absolute Gasteiger partial charge is 0.282 e. The molecule has 0 spiro atoms. The molecule has 1 N–H and O–H groups in total. The van der Waals surface area contributed by atoms with Gasteiger partial charge in [0.2, 0.25) is 0 Å². The van der Waals surface area contributed by atoms with Crippen molar-refractivity contribution < 1.29 is 9.72 Å². The minimum absolute atomic E-state index is 0.0208. The van der Waals surface area contributed by atoms with Crippen LogP contribution in [0.15, 0.2) is 41.5 Å². The number of hydrazone groups is 1. The monoisotopic (exact) mass is 285 g/mol. The molecule has 1 saturated carbocycles. The zero-order chi connectivity index (χ0) is 14.8. The van der Waals surface area contributed by atoms with Crippen molar-refractivity contribution in [3.8, 4) is 0 Å². The molecule has 1 fully saturated rings. The molecule has 2 bridgehead atoms. The summed E-state index contributed by atoms with van der Waals surface area (Å²) in [4.78, 5) is 22.3. The van der Waals surface area contributed by atoms with Crippen molar-refractivity contribution >= 4 is 17.8 Å². The summed E-state index contributed by atoms with van der Waals surface area (Å²) in [5.74, 6) is 0.947. The van der Waals surface area contributed by atoms with Gasteiger partial charge < -0.3 is 0 Å². The molecule has 108 valence electrons. The molecular weight excluding hydrogens is 270 g/mol. The molecule has 1 aromatic rings. The predicted molar refractivity (Wildman–Crippen MR) is 77.9 cm³/mol. The molecule has 3 atom stereocenters. The van der Waals surface area contributed by atoms with Crippen LogP contribution in [0.25, 0.3) is 0 Å². The number of carbonyl (C=O) groups excluding carboxylic acids is 1. The molecule has 3 rings (SSSR count). The number of nitro groups is 1. The van der Waals surface area contributed by atoms with Crippen LogP contribution in [0.1, 0.15) is 23.2 Å². The van der Waals surface area contributed by atoms with Crippen LogP contribution in [-0.2, 0) is 0 Å². The smallest absolute Gasteiger partial charge is 0.267 e. The fourth-order valence-electron chi connectivity index (χ4n) is 3.07. The van der Waals surface area contributed by atoms with Gasteiger partial charge >= 0.3 is 0 Å². The summed E-state index contributed by atoms with van der Waals surface area (Å²) in [5.41, 5.74) is 2.19. The Hall–Kier alpha value is -2.50. The van der Waals surface area contributed by atoms with Crippen molar-refractivity contribution in [2.24, 2.45) is 22.9 Å². The lowest BCUT2D eigenvalue weighted by atomic mass is 9.95. The Morgan fingerprint density at radius 1 is 1.33 bits per heavy atom. The number of allylic oxidation sites excluding steroid dienone is 2. The van der Waals surface area contributed by atoms with Gasteiger partial charge in [0.05, 0.1) is 4.92 Å². The molecule has 2 aliphatic rings. The van der Waals surface area contributed by atoms with Crippen molar-refractivity contribution in [1.82, 2.24) is 5.43 Å². The average Bonchev–Trinajstić information content (AvgIpc) is 3.09. The zero-order valence-corrected chi connectivity index (χ0v) is 11.3. The highest BCUT2D eigenvalue weighted by Crippen LogP contribution is 2.42. The molecule has 0 unspecified atom stereocenters. The van der Waals surface area contributed by atoms with Gasteiger partial charge in [-0.2, -0.15) is 5.10 Å². The summed E-state index contributed by atoms with van der Waals surface area (Å²) >= 11 is 0. The van der Waals surface area contributed by atoms with Crippen LogP contribution >= 0.6 is 0 Å². The summed E-state index contributed by atoms with van der Waals surface area (Å²) in [5, 5.41) is 14.8. The van der Waals surface area contributed by atoms with Crippen molar-refractivity contribution in [3.63, 3.8) is 0 Å². The Bertz CT molecular complexity index is 639. The molecule has 0 saturated heterocycles. The summed E-state index contributed by atoms with van der Waals surface area (Å²) < 4.78 is 0. The topological polar surface area (TPSA) is 84.6 Å². The molecule has 2 aliphatic carbocycles. The van der Waals surface area contributed by atoms with E-state index in [9.17, 15) is 14.9 Å². The maximum absolute atomic E-state index is 12.0. The lowest BCUT2D eigenvalue weighted by Gasteiger charge is -2.11. The number of hydrogen-bond donors (Lipinski definition) is 1. The van der Waals surface area contributed by atoms with E-state index in [0.29, 0.717) is 17.8 Å². The first-order valence-electron chi connectivity index (χ1n) is 6.90. The van der Waals surface area contributed by atoms with Gasteiger partial charge in [0.25, 0.3) is 11.6 Å². The van der Waals surface area contributed by atoms with Crippen LogP contribution in [0, 0.1) is 27.9 Å². The van der Waals surface area contributed by atoms with Crippen LogP contribution in [0.2, 0.25) is 0 Å². The molecular formula is C15H15N3O3. The van der Waals surface area contributed by atoms with E-state index < -0.39 is 10.8 Å². The predicted octanol–water partition coefficient (Wildman–Crippen LogP) is 2.52. The molecule has 6 nitrogen and oxygen atoms in total. The fourth-order valence-corrected chi connectivity index (χ4v) is 3.07. The quantitative estimate of drug-likeness (QED) is 0.399. The summed E-state index contributed by atoms with van der Waals surface area (Å²) in [7, 11) is 0. The first-order valence-corrected chi connectivity index (χ1v) is 6.90. The maximum Gasteiger partial charge on any atom is 0.282 e. The Morgan fingerprint density at radius 2 is 2.14 bits per heavy atom. The van der Waals surface area contributed by atoms with Crippen LogP contribution < -0.4 is 5.43 Å². The van der Waals surface area contributed by atoms with Gasteiger partial charge in [-0.3, -0.25) is 14.9 Å². The van der Waals surface area contributed by atoms with Crippen molar-refractivity contribution in [2.45, 2.75) is 12.8 Å². The Morgan fingerprint density at radius 3 is 2.81 bits per heavy atom. The highest BCUT2D eigenvalue weighted by atomic mass is 16.6. The number of amides is 1. The molecule has 21 heavy (non-hydrogen) atoms. The third-order valence-corrected chi connectivity index (χ3v) is 4.11. The second-order valence-corrected chi connectivity index (χ2v) is 5.44. The normalized spacial score (nSPS) is 26.4. The SMILES string of the molecule is O=C(N/N=C\[C@@H]1C[C@H]2C=C[C@@H]1C2)c1ccccc1[N+](=O)[O-]. The van der Waals surface area contributed by atoms with Gasteiger partial charge in [-0.05, 0) is 30.7 Å². The standard InChI is InChI=1S/C15H15N3O3/c19-15(13-3-1-2-4-14(13)18(20)21)17-16-9-12-8-10-5-6-11(12)7-10/h1-6,9-12H,7-8H2,(H,17,19)/b16-9-/t10-,11+,12-/m0/s1. The second-order valence-electron chi connectivity index (χ2n) is 5.44. The first-order chi connectivity index (χ1) is 10.1. The molecule has 6 heteroatoms. The third-order valence-electron chi connectivity index (χ3n) is 4.11. The van der Waals surface area contributed by atoms with Crippen LogP contribution in [0.5, 0.6) is 0 Å². The number of carbonyl (C=O) groups is 1. The van der Waals surface area contributed by atoms with Gasteiger partial charge in [0.1, 0.15) is 5.56 Å². The minimum Gasteiger partial charge on any atom is -0.267 e. The number of benzene rings is 1. The van der Waals surface area contributed by atoms with Crippen LogP contribution in [0.4, 0.5) is 5.69 Å². The van der Waals surface area contributed by atoms with E-state index in [2.05, 4.69) is 22.7 Å². The number of rotatable bonds is 4. The summed E-state index contributed by atoms with van der Waals surface area (Å²) in [6.45, 7) is 0. The van der Waals surface area contributed by atoms with Gasteiger partial charge in [-0.1, -0.05) is 24.3 Å². The minimum atomic E-state index is -0.570. The number of hydrogen-bond acceptors (Lipinski definition) is 4. The van der Waals surface area contributed by atoms with E-state index in [1.807, 2.05) is 0 Å². The second kappa shape index (κ2) is 5.47. The molecule has 0 heterocycles. The zero-order valence-electron chi connectivity index (χ0n) is 11.3. The van der Waals surface area contributed by atoms with Crippen molar-refractivity contribution in [2.75, 3.05) is 0 Å². The Labute approximate surface area is 121 Å². The lowest BCUT2D eigenvalue weighted by molar-refractivity contribution is -0.385. The molecule has 0 aromatic heterocycles. The lowest BCUT2D eigenvalue weighted by Crippen LogP contribution is -2.20. The van der Waals surface area contributed by atoms with Gasteiger partial charge in [0, 0.05) is 18.2 Å². The third kappa shape index (κ3) is 2.69. The number of nitrogens with one attached hydrogen (secondary N) is 1. The van der Waals surface area contributed by atoms with Crippen molar-refractivity contribution in [3.05, 3.63) is 52.1 Å². The maximum atomic E-state index is 12.0. The van der Waals surface area contributed by atoms with Crippen LogP contribution in [0.3, 0.4) is 0 Å². The molecule has 0 aliphatic heterocycles. The van der Waals surface area contributed by atoms with E-state index in [1.165, 1.54) is 18.2 Å². The Balaban J connectivity index is 1.65. The number of nitrogens with zero attached hydrogens (tertiary/aromatic N) is 2. The van der Waals surface area contributed by atoms with Crippen molar-refractivity contribution in [1.29, 1.82) is 0 Å². The number of para-hydroxylation sites is 1. The van der Waals surface area contributed by atoms with Gasteiger partial charge in [0.15, 0.2) is 0 Å². The number of nitro benzene ring substituents is 1. The molecule has 1 aromatic carbocycles.